The van der Waals surface area contributed by atoms with Gasteiger partial charge in [-0.1, -0.05) is 20.3 Å². The third-order valence-corrected chi connectivity index (χ3v) is 4.19. The molecule has 2 aromatic rings. The molecule has 0 unspecified atom stereocenters. The van der Waals surface area contributed by atoms with E-state index < -0.39 is 30.5 Å². The van der Waals surface area contributed by atoms with Crippen molar-refractivity contribution >= 4 is 17.8 Å². The minimum Gasteiger partial charge on any atom is -0.467 e. The Labute approximate surface area is 157 Å². The second-order valence-electron chi connectivity index (χ2n) is 6.03. The molecular formula is C19H23N3O5. The molecule has 1 aromatic carbocycles. The molecule has 8 heteroatoms. The first-order valence-electron chi connectivity index (χ1n) is 8.60. The maximum Gasteiger partial charge on any atom is 0.338 e. The molecule has 0 radical (unpaired) electrons. The summed E-state index contributed by atoms with van der Waals surface area (Å²) >= 11 is 0. The number of rotatable bonds is 8. The molecule has 144 valence electrons. The van der Waals surface area contributed by atoms with Crippen molar-refractivity contribution in [2.24, 2.45) is 5.92 Å². The van der Waals surface area contributed by atoms with E-state index in [9.17, 15) is 14.4 Å². The van der Waals surface area contributed by atoms with Crippen molar-refractivity contribution in [3.8, 4) is 5.69 Å². The number of hydrogen-bond donors (Lipinski definition) is 1. The summed E-state index contributed by atoms with van der Waals surface area (Å²) < 4.78 is 11.4. The summed E-state index contributed by atoms with van der Waals surface area (Å²) in [6, 6.07) is 7.64. The van der Waals surface area contributed by atoms with E-state index in [-0.39, 0.29) is 5.92 Å². The fourth-order valence-corrected chi connectivity index (χ4v) is 2.40. The predicted molar refractivity (Wildman–Crippen MR) is 97.2 cm³/mol. The lowest BCUT2D eigenvalue weighted by atomic mass is 9.99. The summed E-state index contributed by atoms with van der Waals surface area (Å²) in [4.78, 5) is 35.9. The molecule has 0 aliphatic heterocycles. The number of esters is 2. The molecule has 27 heavy (non-hydrogen) atoms. The van der Waals surface area contributed by atoms with E-state index in [0.717, 1.165) is 5.69 Å². The number of nitrogens with one attached hydrogen (secondary N) is 1. The Bertz CT molecular complexity index is 771. The van der Waals surface area contributed by atoms with E-state index in [0.29, 0.717) is 12.0 Å². The van der Waals surface area contributed by atoms with Crippen LogP contribution < -0.4 is 5.32 Å². The highest BCUT2D eigenvalue weighted by atomic mass is 16.5. The monoisotopic (exact) mass is 373 g/mol. The van der Waals surface area contributed by atoms with Crippen molar-refractivity contribution in [3.05, 3.63) is 48.3 Å². The van der Waals surface area contributed by atoms with Crippen molar-refractivity contribution in [3.63, 3.8) is 0 Å². The van der Waals surface area contributed by atoms with E-state index in [1.165, 1.54) is 7.11 Å². The van der Waals surface area contributed by atoms with Crippen molar-refractivity contribution < 1.29 is 23.9 Å². The Kier molecular flexibility index (Phi) is 7.10. The Morgan fingerprint density at radius 1 is 1.22 bits per heavy atom. The highest BCUT2D eigenvalue weighted by molar-refractivity contribution is 5.92. The van der Waals surface area contributed by atoms with Crippen LogP contribution in [0, 0.1) is 5.92 Å². The second kappa shape index (κ2) is 9.51. The summed E-state index contributed by atoms with van der Waals surface area (Å²) in [5, 5.41) is 6.65. The average Bonchev–Trinajstić information content (AvgIpc) is 3.24. The molecule has 0 saturated carbocycles. The first kappa shape index (κ1) is 20.2. The lowest BCUT2D eigenvalue weighted by Gasteiger charge is -2.21. The number of carbonyl (C=O) groups excluding carboxylic acids is 3. The number of methoxy groups -OCH3 is 1. The Hall–Kier alpha value is -3.16. The zero-order valence-electron chi connectivity index (χ0n) is 15.5. The predicted octanol–water partition coefficient (Wildman–Crippen LogP) is 1.73. The molecular weight excluding hydrogens is 350 g/mol. The molecule has 2 rings (SSSR count). The van der Waals surface area contributed by atoms with Crippen LogP contribution >= 0.6 is 0 Å². The van der Waals surface area contributed by atoms with E-state index in [2.05, 4.69) is 10.4 Å². The maximum absolute atomic E-state index is 12.1. The fraction of sp³-hybridized carbons (Fsp3) is 0.368. The van der Waals surface area contributed by atoms with Crippen LogP contribution in [0.3, 0.4) is 0 Å². The molecule has 0 aliphatic carbocycles. The number of ether oxygens (including phenoxy) is 2. The van der Waals surface area contributed by atoms with Gasteiger partial charge in [-0.3, -0.25) is 4.79 Å². The Morgan fingerprint density at radius 3 is 2.48 bits per heavy atom. The molecule has 0 bridgehead atoms. The summed E-state index contributed by atoms with van der Waals surface area (Å²) in [7, 11) is 1.26. The molecule has 8 nitrogen and oxygen atoms in total. The second-order valence-corrected chi connectivity index (χ2v) is 6.03. The number of benzene rings is 1. The van der Waals surface area contributed by atoms with Crippen LogP contribution in [0.1, 0.15) is 30.6 Å². The zero-order valence-corrected chi connectivity index (χ0v) is 15.5. The van der Waals surface area contributed by atoms with Gasteiger partial charge in [0.05, 0.1) is 18.4 Å². The number of amides is 1. The normalized spacial score (nSPS) is 12.7. The van der Waals surface area contributed by atoms with E-state index in [4.69, 9.17) is 9.47 Å². The van der Waals surface area contributed by atoms with E-state index in [1.807, 2.05) is 13.8 Å². The van der Waals surface area contributed by atoms with Crippen molar-refractivity contribution in [2.75, 3.05) is 13.7 Å². The maximum atomic E-state index is 12.1. The highest BCUT2D eigenvalue weighted by Gasteiger charge is 2.27. The smallest absolute Gasteiger partial charge is 0.338 e. The van der Waals surface area contributed by atoms with Gasteiger partial charge in [-0.25, -0.2) is 14.3 Å². The summed E-state index contributed by atoms with van der Waals surface area (Å²) in [6.45, 7) is 3.25. The molecule has 1 aromatic heterocycles. The average molecular weight is 373 g/mol. The topological polar surface area (TPSA) is 99.5 Å². The Morgan fingerprint density at radius 2 is 1.93 bits per heavy atom. The van der Waals surface area contributed by atoms with Crippen LogP contribution in [0.25, 0.3) is 5.69 Å². The van der Waals surface area contributed by atoms with Crippen molar-refractivity contribution in [2.45, 2.75) is 26.3 Å². The van der Waals surface area contributed by atoms with Gasteiger partial charge >= 0.3 is 11.9 Å². The molecule has 0 aliphatic rings. The minimum absolute atomic E-state index is 0.105. The largest absolute Gasteiger partial charge is 0.467 e. The lowest BCUT2D eigenvalue weighted by molar-refractivity contribution is -0.147. The van der Waals surface area contributed by atoms with Crippen LogP contribution in [0.5, 0.6) is 0 Å². The molecule has 2 atom stereocenters. The van der Waals surface area contributed by atoms with Gasteiger partial charge in [-0.15, -0.1) is 0 Å². The van der Waals surface area contributed by atoms with Gasteiger partial charge in [0.15, 0.2) is 6.61 Å². The number of aromatic nitrogens is 2. The van der Waals surface area contributed by atoms with Crippen molar-refractivity contribution in [1.29, 1.82) is 0 Å². The van der Waals surface area contributed by atoms with Crippen LogP contribution in [0.15, 0.2) is 42.7 Å². The quantitative estimate of drug-likeness (QED) is 0.708. The summed E-state index contributed by atoms with van der Waals surface area (Å²) in [5.41, 5.74) is 1.11. The van der Waals surface area contributed by atoms with Gasteiger partial charge < -0.3 is 14.8 Å². The zero-order chi connectivity index (χ0) is 19.8. The molecule has 1 N–H and O–H groups in total. The Balaban J connectivity index is 1.90. The van der Waals surface area contributed by atoms with Gasteiger partial charge in [0.2, 0.25) is 0 Å². The van der Waals surface area contributed by atoms with Crippen LogP contribution in [-0.4, -0.2) is 47.4 Å². The van der Waals surface area contributed by atoms with Crippen molar-refractivity contribution in [1.82, 2.24) is 15.1 Å². The summed E-state index contributed by atoms with van der Waals surface area (Å²) in [5.74, 6) is -1.83. The first-order valence-corrected chi connectivity index (χ1v) is 8.60. The number of carbonyl (C=O) groups is 3. The van der Waals surface area contributed by atoms with Gasteiger partial charge in [0.1, 0.15) is 6.04 Å². The van der Waals surface area contributed by atoms with Crippen LogP contribution in [-0.2, 0) is 19.1 Å². The third-order valence-electron chi connectivity index (χ3n) is 4.19. The van der Waals surface area contributed by atoms with Crippen LogP contribution in [0.2, 0.25) is 0 Å². The van der Waals surface area contributed by atoms with E-state index in [1.54, 1.807) is 47.4 Å². The standard InChI is InChI=1S/C19H23N3O5/c1-4-13(2)17(19(25)26-3)21-16(23)12-27-18(24)14-6-8-15(9-7-14)22-11-5-10-20-22/h5-11,13,17H,4,12H2,1-3H3,(H,21,23)/t13-,17+/m1/s1. The summed E-state index contributed by atoms with van der Waals surface area (Å²) in [6.07, 6.45) is 4.12. The number of hydrogen-bond acceptors (Lipinski definition) is 6. The molecule has 0 saturated heterocycles. The molecule has 0 spiro atoms. The van der Waals surface area contributed by atoms with E-state index >= 15 is 0 Å². The van der Waals surface area contributed by atoms with Gasteiger partial charge in [-0.2, -0.15) is 5.10 Å². The lowest BCUT2D eigenvalue weighted by Crippen LogP contribution is -2.47. The molecule has 1 amide bonds. The van der Waals surface area contributed by atoms with Gasteiger partial charge in [0, 0.05) is 12.4 Å². The SMILES string of the molecule is CC[C@@H](C)[C@H](NC(=O)COC(=O)c1ccc(-n2cccn2)cc1)C(=O)OC. The van der Waals surface area contributed by atoms with Gasteiger partial charge in [-0.05, 0) is 36.2 Å². The third kappa shape index (κ3) is 5.40. The minimum atomic E-state index is -0.778. The highest BCUT2D eigenvalue weighted by Crippen LogP contribution is 2.11. The van der Waals surface area contributed by atoms with Crippen LogP contribution in [0.4, 0.5) is 0 Å². The first-order chi connectivity index (χ1) is 13.0. The van der Waals surface area contributed by atoms with Gasteiger partial charge in [0.25, 0.3) is 5.91 Å². The molecule has 0 fully saturated rings. The molecule has 1 heterocycles. The fourth-order valence-electron chi connectivity index (χ4n) is 2.40. The number of nitrogens with zero attached hydrogens (tertiary/aromatic N) is 2.